The third kappa shape index (κ3) is 3.71. The van der Waals surface area contributed by atoms with Gasteiger partial charge in [0.05, 0.1) is 11.0 Å². The monoisotopic (exact) mass is 372 g/mol. The van der Waals surface area contributed by atoms with Crippen LogP contribution >= 0.6 is 0 Å². The summed E-state index contributed by atoms with van der Waals surface area (Å²) in [7, 11) is 0. The number of aryl methyl sites for hydroxylation is 2. The number of fused-ring (bicyclic) bond motifs is 1. The Bertz CT molecular complexity index is 1080. The second-order valence-electron chi connectivity index (χ2n) is 6.65. The molecule has 0 spiro atoms. The van der Waals surface area contributed by atoms with Crippen LogP contribution in [0.5, 0.6) is 5.75 Å². The smallest absolute Gasteiger partial charge is 0.257 e. The Morgan fingerprint density at radius 3 is 2.61 bits per heavy atom. The number of anilines is 1. The van der Waals surface area contributed by atoms with Crippen molar-refractivity contribution in [3.05, 3.63) is 83.2 Å². The first-order valence-electron chi connectivity index (χ1n) is 8.99. The van der Waals surface area contributed by atoms with E-state index >= 15 is 0 Å². The van der Waals surface area contributed by atoms with Crippen molar-refractivity contribution in [2.45, 2.75) is 20.5 Å². The van der Waals surface area contributed by atoms with E-state index in [1.807, 2.05) is 62.4 Å². The van der Waals surface area contributed by atoms with Crippen molar-refractivity contribution in [2.75, 3.05) is 5.32 Å². The van der Waals surface area contributed by atoms with Crippen LogP contribution in [0.1, 0.15) is 27.0 Å². The SMILES string of the molecule is Cc1cc(C(=O)Nc2nc3ccccc3[nH]2)cc(C)c1OCc1cccnc1. The quantitative estimate of drug-likeness (QED) is 0.544. The van der Waals surface area contributed by atoms with E-state index in [0.29, 0.717) is 18.1 Å². The number of rotatable bonds is 5. The molecule has 1 amide bonds. The number of pyridine rings is 1. The lowest BCUT2D eigenvalue weighted by Crippen LogP contribution is -2.14. The van der Waals surface area contributed by atoms with Crippen molar-refractivity contribution in [1.82, 2.24) is 15.0 Å². The number of amides is 1. The molecule has 0 aliphatic heterocycles. The number of ether oxygens (including phenoxy) is 1. The fourth-order valence-electron chi connectivity index (χ4n) is 3.14. The van der Waals surface area contributed by atoms with Gasteiger partial charge >= 0.3 is 0 Å². The molecule has 0 saturated carbocycles. The number of aromatic nitrogens is 3. The summed E-state index contributed by atoms with van der Waals surface area (Å²) in [5.74, 6) is 0.992. The van der Waals surface area contributed by atoms with Gasteiger partial charge in [0.2, 0.25) is 5.95 Å². The van der Waals surface area contributed by atoms with Gasteiger partial charge in [-0.15, -0.1) is 0 Å². The molecule has 2 heterocycles. The van der Waals surface area contributed by atoms with E-state index in [-0.39, 0.29) is 5.91 Å². The molecule has 0 aliphatic rings. The van der Waals surface area contributed by atoms with Gasteiger partial charge in [-0.1, -0.05) is 18.2 Å². The Labute approximate surface area is 162 Å². The third-order valence-corrected chi connectivity index (χ3v) is 4.45. The van der Waals surface area contributed by atoms with Gasteiger partial charge in [-0.2, -0.15) is 0 Å². The molecule has 2 aromatic heterocycles. The molecule has 0 saturated heterocycles. The Kier molecular flexibility index (Phi) is 4.76. The van der Waals surface area contributed by atoms with Crippen LogP contribution < -0.4 is 10.1 Å². The average molecular weight is 372 g/mol. The molecule has 4 aromatic rings. The van der Waals surface area contributed by atoms with Crippen LogP contribution in [0.15, 0.2) is 60.9 Å². The maximum Gasteiger partial charge on any atom is 0.257 e. The fraction of sp³-hybridized carbons (Fsp3) is 0.136. The number of carbonyl (C=O) groups is 1. The van der Waals surface area contributed by atoms with Gasteiger partial charge in [0, 0.05) is 23.5 Å². The molecule has 0 fully saturated rings. The third-order valence-electron chi connectivity index (χ3n) is 4.45. The molecule has 4 rings (SSSR count). The van der Waals surface area contributed by atoms with Gasteiger partial charge < -0.3 is 9.72 Å². The number of hydrogen-bond donors (Lipinski definition) is 2. The van der Waals surface area contributed by atoms with E-state index in [0.717, 1.165) is 33.5 Å². The van der Waals surface area contributed by atoms with Gasteiger partial charge in [0.1, 0.15) is 12.4 Å². The van der Waals surface area contributed by atoms with E-state index in [1.54, 1.807) is 12.4 Å². The zero-order chi connectivity index (χ0) is 19.5. The highest BCUT2D eigenvalue weighted by Gasteiger charge is 2.14. The Morgan fingerprint density at radius 2 is 1.89 bits per heavy atom. The van der Waals surface area contributed by atoms with Crippen molar-refractivity contribution in [3.8, 4) is 5.75 Å². The molecule has 0 bridgehead atoms. The lowest BCUT2D eigenvalue weighted by molar-refractivity contribution is 0.102. The summed E-state index contributed by atoms with van der Waals surface area (Å²) < 4.78 is 5.96. The zero-order valence-corrected chi connectivity index (χ0v) is 15.7. The van der Waals surface area contributed by atoms with Crippen LogP contribution in [0.2, 0.25) is 0 Å². The van der Waals surface area contributed by atoms with Crippen LogP contribution in [0.3, 0.4) is 0 Å². The van der Waals surface area contributed by atoms with E-state index in [4.69, 9.17) is 4.74 Å². The normalized spacial score (nSPS) is 10.8. The lowest BCUT2D eigenvalue weighted by Gasteiger charge is -2.14. The van der Waals surface area contributed by atoms with E-state index in [9.17, 15) is 4.79 Å². The highest BCUT2D eigenvalue weighted by molar-refractivity contribution is 6.04. The standard InChI is InChI=1S/C22H20N4O2/c1-14-10-17(11-15(2)20(14)28-13-16-6-5-9-23-12-16)21(27)26-22-24-18-7-3-4-8-19(18)25-22/h3-12H,13H2,1-2H3,(H2,24,25,26,27). The number of para-hydroxylation sites is 2. The molecular formula is C22H20N4O2. The molecule has 140 valence electrons. The average Bonchev–Trinajstić information content (AvgIpc) is 3.10. The summed E-state index contributed by atoms with van der Waals surface area (Å²) in [6.07, 6.45) is 3.51. The molecule has 0 radical (unpaired) electrons. The number of nitrogens with zero attached hydrogens (tertiary/aromatic N) is 2. The van der Waals surface area contributed by atoms with Gasteiger partial charge in [-0.05, 0) is 55.3 Å². The van der Waals surface area contributed by atoms with Crippen LogP contribution in [0, 0.1) is 13.8 Å². The van der Waals surface area contributed by atoms with Gasteiger partial charge in [-0.3, -0.25) is 15.1 Å². The van der Waals surface area contributed by atoms with Crippen LogP contribution in [-0.4, -0.2) is 20.9 Å². The first-order valence-corrected chi connectivity index (χ1v) is 8.99. The minimum atomic E-state index is -0.218. The Hall–Kier alpha value is -3.67. The second kappa shape index (κ2) is 7.52. The molecule has 0 aliphatic carbocycles. The summed E-state index contributed by atoms with van der Waals surface area (Å²) in [6.45, 7) is 4.30. The summed E-state index contributed by atoms with van der Waals surface area (Å²) in [4.78, 5) is 24.2. The summed E-state index contributed by atoms with van der Waals surface area (Å²) in [5, 5.41) is 2.82. The van der Waals surface area contributed by atoms with Crippen LogP contribution in [-0.2, 0) is 6.61 Å². The number of imidazole rings is 1. The van der Waals surface area contributed by atoms with Crippen molar-refractivity contribution >= 4 is 22.9 Å². The zero-order valence-electron chi connectivity index (χ0n) is 15.7. The molecule has 6 heteroatoms. The van der Waals surface area contributed by atoms with E-state index in [1.165, 1.54) is 0 Å². The van der Waals surface area contributed by atoms with Crippen LogP contribution in [0.25, 0.3) is 11.0 Å². The highest BCUT2D eigenvalue weighted by atomic mass is 16.5. The predicted molar refractivity (Wildman–Crippen MR) is 109 cm³/mol. The molecule has 0 unspecified atom stereocenters. The number of nitrogens with one attached hydrogen (secondary N) is 2. The van der Waals surface area contributed by atoms with E-state index < -0.39 is 0 Å². The first kappa shape index (κ1) is 17.7. The first-order chi connectivity index (χ1) is 13.6. The van der Waals surface area contributed by atoms with Gasteiger partial charge in [-0.25, -0.2) is 4.98 Å². The molecule has 28 heavy (non-hydrogen) atoms. The molecular weight excluding hydrogens is 352 g/mol. The van der Waals surface area contributed by atoms with Crippen LogP contribution in [0.4, 0.5) is 5.95 Å². The maximum atomic E-state index is 12.7. The molecule has 2 N–H and O–H groups in total. The molecule has 0 atom stereocenters. The largest absolute Gasteiger partial charge is 0.488 e. The Morgan fingerprint density at radius 1 is 1.11 bits per heavy atom. The molecule has 2 aromatic carbocycles. The van der Waals surface area contributed by atoms with Crippen molar-refractivity contribution in [1.29, 1.82) is 0 Å². The van der Waals surface area contributed by atoms with Gasteiger partial charge in [0.25, 0.3) is 5.91 Å². The number of hydrogen-bond acceptors (Lipinski definition) is 4. The second-order valence-corrected chi connectivity index (χ2v) is 6.65. The number of aromatic amines is 1. The predicted octanol–water partition coefficient (Wildman–Crippen LogP) is 4.41. The van der Waals surface area contributed by atoms with Gasteiger partial charge in [0.15, 0.2) is 0 Å². The summed E-state index contributed by atoms with van der Waals surface area (Å²) in [6, 6.07) is 15.1. The van der Waals surface area contributed by atoms with Crippen molar-refractivity contribution < 1.29 is 9.53 Å². The van der Waals surface area contributed by atoms with Crippen molar-refractivity contribution in [2.24, 2.45) is 0 Å². The minimum Gasteiger partial charge on any atom is -0.488 e. The number of benzene rings is 2. The number of carbonyl (C=O) groups excluding carboxylic acids is 1. The topological polar surface area (TPSA) is 79.9 Å². The maximum absolute atomic E-state index is 12.7. The lowest BCUT2D eigenvalue weighted by atomic mass is 10.1. The Balaban J connectivity index is 1.50. The highest BCUT2D eigenvalue weighted by Crippen LogP contribution is 2.26. The number of H-pyrrole nitrogens is 1. The van der Waals surface area contributed by atoms with E-state index in [2.05, 4.69) is 20.3 Å². The summed E-state index contributed by atoms with van der Waals surface area (Å²) in [5.41, 5.74) is 5.04. The van der Waals surface area contributed by atoms with Crippen molar-refractivity contribution in [3.63, 3.8) is 0 Å². The summed E-state index contributed by atoms with van der Waals surface area (Å²) >= 11 is 0. The minimum absolute atomic E-state index is 0.218. The molecule has 6 nitrogen and oxygen atoms in total. The fourth-order valence-corrected chi connectivity index (χ4v) is 3.14.